The predicted octanol–water partition coefficient (Wildman–Crippen LogP) is 2.46. The second-order valence-electron chi connectivity index (χ2n) is 7.30. The average Bonchev–Trinajstić information content (AvgIpc) is 3.29. The number of hydrogen-bond acceptors (Lipinski definition) is 5. The molecule has 28 heavy (non-hydrogen) atoms. The minimum Gasteiger partial charge on any atom is -0.289 e. The molecule has 0 radical (unpaired) electrons. The molecule has 1 aromatic rings. The van der Waals surface area contributed by atoms with Crippen molar-refractivity contribution in [3.05, 3.63) is 48.0 Å². The fourth-order valence-corrected chi connectivity index (χ4v) is 4.97. The molecule has 0 N–H and O–H groups in total. The fraction of sp³-hybridized carbons (Fsp3) is 0.429. The van der Waals surface area contributed by atoms with E-state index in [1.54, 1.807) is 11.8 Å². The topological polar surface area (TPSA) is 70.1 Å². The lowest BCUT2D eigenvalue weighted by Gasteiger charge is -2.26. The van der Waals surface area contributed by atoms with Crippen LogP contribution in [0.4, 0.5) is 0 Å². The van der Waals surface area contributed by atoms with Gasteiger partial charge in [-0.25, -0.2) is 0 Å². The zero-order valence-electron chi connectivity index (χ0n) is 15.8. The lowest BCUT2D eigenvalue weighted by molar-refractivity contribution is -0.149. The molecule has 0 spiro atoms. The molecule has 3 amide bonds. The molecule has 0 aromatic heterocycles. The normalized spacial score (nSPS) is 26.8. The van der Waals surface area contributed by atoms with Gasteiger partial charge in [0.1, 0.15) is 6.04 Å². The number of aliphatic imine (C=N–C) groups is 1. The number of rotatable bonds is 4. The molecule has 1 aromatic carbocycles. The Morgan fingerprint density at radius 1 is 1.14 bits per heavy atom. The standard InChI is InChI=1S/C21H23N3O3S/c1-14(24-19(26)16-9-5-6-10-17(16)20(24)27)18(25)23-11-12-28-21(23)22-13-15-7-3-2-4-8-15/h2-8,14,16-17H,9-13H2,1H3/t14-,16-,17+/m1/s1. The number of hydrogen-bond donors (Lipinski definition) is 0. The number of allylic oxidation sites excluding steroid dienone is 2. The van der Waals surface area contributed by atoms with Crippen LogP contribution in [0.1, 0.15) is 25.3 Å². The van der Waals surface area contributed by atoms with Crippen LogP contribution in [0.3, 0.4) is 0 Å². The smallest absolute Gasteiger partial charge is 0.251 e. The van der Waals surface area contributed by atoms with E-state index in [0.29, 0.717) is 31.1 Å². The van der Waals surface area contributed by atoms with E-state index in [1.807, 2.05) is 42.5 Å². The first-order valence-corrected chi connectivity index (χ1v) is 10.6. The fourth-order valence-electron chi connectivity index (χ4n) is 4.02. The minimum absolute atomic E-state index is 0.213. The van der Waals surface area contributed by atoms with Gasteiger partial charge in [0.05, 0.1) is 18.4 Å². The highest BCUT2D eigenvalue weighted by Gasteiger charge is 2.51. The molecule has 2 saturated heterocycles. The van der Waals surface area contributed by atoms with E-state index in [4.69, 9.17) is 0 Å². The second kappa shape index (κ2) is 7.91. The molecule has 0 bridgehead atoms. The summed E-state index contributed by atoms with van der Waals surface area (Å²) in [6, 6.07) is 9.06. The van der Waals surface area contributed by atoms with Crippen molar-refractivity contribution in [1.29, 1.82) is 0 Å². The lowest BCUT2D eigenvalue weighted by atomic mass is 9.85. The van der Waals surface area contributed by atoms with Crippen molar-refractivity contribution in [2.45, 2.75) is 32.4 Å². The van der Waals surface area contributed by atoms with Crippen molar-refractivity contribution in [3.63, 3.8) is 0 Å². The van der Waals surface area contributed by atoms with Crippen LogP contribution in [0.25, 0.3) is 0 Å². The van der Waals surface area contributed by atoms with Gasteiger partial charge in [0.2, 0.25) is 11.8 Å². The molecule has 146 valence electrons. The third-order valence-electron chi connectivity index (χ3n) is 5.57. The van der Waals surface area contributed by atoms with Crippen molar-refractivity contribution >= 4 is 34.7 Å². The molecule has 3 aliphatic rings. The molecule has 0 unspecified atom stereocenters. The molecule has 2 heterocycles. The molecule has 1 aliphatic carbocycles. The number of nitrogens with zero attached hydrogens (tertiary/aromatic N) is 3. The number of fused-ring (bicyclic) bond motifs is 1. The van der Waals surface area contributed by atoms with Gasteiger partial charge in [-0.1, -0.05) is 54.2 Å². The average molecular weight is 398 g/mol. The third kappa shape index (κ3) is 3.39. The van der Waals surface area contributed by atoms with Crippen molar-refractivity contribution in [3.8, 4) is 0 Å². The van der Waals surface area contributed by atoms with E-state index < -0.39 is 6.04 Å². The zero-order valence-corrected chi connectivity index (χ0v) is 16.6. The van der Waals surface area contributed by atoms with Crippen LogP contribution >= 0.6 is 11.8 Å². The van der Waals surface area contributed by atoms with Crippen LogP contribution < -0.4 is 0 Å². The van der Waals surface area contributed by atoms with Gasteiger partial charge in [0.25, 0.3) is 5.91 Å². The number of amides is 3. The van der Waals surface area contributed by atoms with Gasteiger partial charge >= 0.3 is 0 Å². The maximum atomic E-state index is 13.1. The summed E-state index contributed by atoms with van der Waals surface area (Å²) in [6.45, 7) is 2.70. The molecular formula is C21H23N3O3S. The highest BCUT2D eigenvalue weighted by atomic mass is 32.2. The summed E-state index contributed by atoms with van der Waals surface area (Å²) in [4.78, 5) is 46.1. The van der Waals surface area contributed by atoms with E-state index >= 15 is 0 Å². The van der Waals surface area contributed by atoms with Crippen molar-refractivity contribution in [2.75, 3.05) is 12.3 Å². The molecule has 0 saturated carbocycles. The molecule has 4 rings (SSSR count). The Hall–Kier alpha value is -2.41. The summed E-state index contributed by atoms with van der Waals surface area (Å²) in [5.41, 5.74) is 1.07. The predicted molar refractivity (Wildman–Crippen MR) is 108 cm³/mol. The number of carbonyl (C=O) groups is 3. The van der Waals surface area contributed by atoms with Gasteiger partial charge in [0, 0.05) is 12.3 Å². The number of benzene rings is 1. The monoisotopic (exact) mass is 397 g/mol. The lowest BCUT2D eigenvalue weighted by Crippen LogP contribution is -2.50. The molecule has 6 nitrogen and oxygen atoms in total. The minimum atomic E-state index is -0.800. The summed E-state index contributed by atoms with van der Waals surface area (Å²) in [7, 11) is 0. The highest BCUT2D eigenvalue weighted by molar-refractivity contribution is 8.14. The Bertz CT molecular complexity index is 826. The van der Waals surface area contributed by atoms with Gasteiger partial charge in [-0.2, -0.15) is 0 Å². The number of likely N-dealkylation sites (tertiary alicyclic amines) is 1. The third-order valence-corrected chi connectivity index (χ3v) is 6.56. The molecule has 2 fully saturated rings. The van der Waals surface area contributed by atoms with Crippen LogP contribution in [0.5, 0.6) is 0 Å². The maximum absolute atomic E-state index is 13.1. The van der Waals surface area contributed by atoms with E-state index in [-0.39, 0.29) is 29.6 Å². The van der Waals surface area contributed by atoms with Crippen LogP contribution in [0, 0.1) is 11.8 Å². The molecule has 7 heteroatoms. The van der Waals surface area contributed by atoms with Gasteiger partial charge in [0.15, 0.2) is 5.17 Å². The Morgan fingerprint density at radius 2 is 1.79 bits per heavy atom. The van der Waals surface area contributed by atoms with E-state index in [2.05, 4.69) is 4.99 Å². The zero-order chi connectivity index (χ0) is 19.7. The van der Waals surface area contributed by atoms with Gasteiger partial charge in [-0.3, -0.25) is 29.2 Å². The maximum Gasteiger partial charge on any atom is 0.251 e. The van der Waals surface area contributed by atoms with Crippen LogP contribution in [0.2, 0.25) is 0 Å². The van der Waals surface area contributed by atoms with Crippen molar-refractivity contribution < 1.29 is 14.4 Å². The number of imide groups is 1. The van der Waals surface area contributed by atoms with Crippen molar-refractivity contribution in [2.24, 2.45) is 16.8 Å². The summed E-state index contributed by atoms with van der Waals surface area (Å²) < 4.78 is 0. The Balaban J connectivity index is 1.48. The number of carbonyl (C=O) groups excluding carboxylic acids is 3. The largest absolute Gasteiger partial charge is 0.289 e. The number of amidine groups is 1. The van der Waals surface area contributed by atoms with Gasteiger partial charge in [-0.15, -0.1) is 0 Å². The van der Waals surface area contributed by atoms with Crippen LogP contribution in [-0.2, 0) is 20.9 Å². The molecule has 3 atom stereocenters. The van der Waals surface area contributed by atoms with Crippen LogP contribution in [-0.4, -0.2) is 51.0 Å². The molecule has 2 aliphatic heterocycles. The summed E-state index contributed by atoms with van der Waals surface area (Å²) >= 11 is 1.54. The SMILES string of the molecule is C[C@H](C(=O)N1CCSC1=NCc1ccccc1)N1C(=O)[C@H]2CC=CC[C@H]2C1=O. The quantitative estimate of drug-likeness (QED) is 0.578. The van der Waals surface area contributed by atoms with Gasteiger partial charge in [-0.05, 0) is 25.3 Å². The summed E-state index contributed by atoms with van der Waals surface area (Å²) in [6.07, 6.45) is 5.06. The van der Waals surface area contributed by atoms with Crippen molar-refractivity contribution in [1.82, 2.24) is 9.80 Å². The first kappa shape index (κ1) is 18.9. The Labute approximate surface area is 168 Å². The number of thioether (sulfide) groups is 1. The van der Waals surface area contributed by atoms with Crippen LogP contribution in [0.15, 0.2) is 47.5 Å². The van der Waals surface area contributed by atoms with Gasteiger partial charge < -0.3 is 0 Å². The van der Waals surface area contributed by atoms with E-state index in [0.717, 1.165) is 11.3 Å². The Morgan fingerprint density at radius 3 is 2.43 bits per heavy atom. The highest BCUT2D eigenvalue weighted by Crippen LogP contribution is 2.36. The van der Waals surface area contributed by atoms with E-state index in [9.17, 15) is 14.4 Å². The van der Waals surface area contributed by atoms with E-state index in [1.165, 1.54) is 16.7 Å². The first-order valence-electron chi connectivity index (χ1n) is 9.62. The first-order chi connectivity index (χ1) is 13.6. The molecular weight excluding hydrogens is 374 g/mol. The second-order valence-corrected chi connectivity index (χ2v) is 8.36. The summed E-state index contributed by atoms with van der Waals surface area (Å²) in [5.74, 6) is -0.517. The Kier molecular flexibility index (Phi) is 5.35. The summed E-state index contributed by atoms with van der Waals surface area (Å²) in [5, 5.41) is 0.666.